The molecule has 0 saturated carbocycles. The maximum absolute atomic E-state index is 13.7. The first-order chi connectivity index (χ1) is 12.3. The quantitative estimate of drug-likeness (QED) is 0.599. The largest absolute Gasteiger partial charge is 0.373 e. The summed E-state index contributed by atoms with van der Waals surface area (Å²) in [7, 11) is 1.82. The van der Waals surface area contributed by atoms with Crippen molar-refractivity contribution in [3.8, 4) is 22.5 Å². The Morgan fingerprint density at radius 3 is 2.52 bits per heavy atom. The molecule has 5 heteroatoms. The van der Waals surface area contributed by atoms with Gasteiger partial charge in [0.1, 0.15) is 11.6 Å². The Hall–Kier alpha value is -3.34. The number of para-hydroxylation sites is 1. The highest BCUT2D eigenvalue weighted by Gasteiger charge is 2.13. The number of fused-ring (bicyclic) bond motifs is 1. The van der Waals surface area contributed by atoms with Gasteiger partial charge in [-0.25, -0.2) is 14.4 Å². The second-order valence-corrected chi connectivity index (χ2v) is 5.60. The molecule has 1 N–H and O–H groups in total. The van der Waals surface area contributed by atoms with E-state index in [9.17, 15) is 4.39 Å². The van der Waals surface area contributed by atoms with Crippen LogP contribution < -0.4 is 5.32 Å². The van der Waals surface area contributed by atoms with Crippen molar-refractivity contribution in [2.24, 2.45) is 0 Å². The van der Waals surface area contributed by atoms with Crippen LogP contribution in [0.1, 0.15) is 0 Å². The average molecular weight is 330 g/mol. The van der Waals surface area contributed by atoms with E-state index in [0.717, 1.165) is 33.4 Å². The molecular formula is C20H15FN4. The third kappa shape index (κ3) is 2.80. The van der Waals surface area contributed by atoms with Gasteiger partial charge in [0.25, 0.3) is 0 Å². The highest BCUT2D eigenvalue weighted by Crippen LogP contribution is 2.32. The van der Waals surface area contributed by atoms with Crippen molar-refractivity contribution in [3.63, 3.8) is 0 Å². The molecule has 4 rings (SSSR count). The van der Waals surface area contributed by atoms with Gasteiger partial charge in [-0.15, -0.1) is 0 Å². The second kappa shape index (κ2) is 6.28. The van der Waals surface area contributed by atoms with Crippen LogP contribution >= 0.6 is 0 Å². The molecule has 2 heterocycles. The minimum Gasteiger partial charge on any atom is -0.373 e. The van der Waals surface area contributed by atoms with Gasteiger partial charge in [-0.2, -0.15) is 0 Å². The molecule has 2 aromatic carbocycles. The monoisotopic (exact) mass is 330 g/mol. The molecule has 0 saturated heterocycles. The van der Waals surface area contributed by atoms with Gasteiger partial charge < -0.3 is 5.32 Å². The molecule has 2 aromatic heterocycles. The lowest BCUT2D eigenvalue weighted by molar-refractivity contribution is 0.628. The van der Waals surface area contributed by atoms with Crippen LogP contribution in [-0.2, 0) is 0 Å². The molecule has 0 spiro atoms. The predicted octanol–water partition coefficient (Wildman–Crippen LogP) is 4.54. The second-order valence-electron chi connectivity index (χ2n) is 5.60. The molecule has 0 unspecified atom stereocenters. The van der Waals surface area contributed by atoms with Crippen LogP contribution in [0.3, 0.4) is 0 Å². The van der Waals surface area contributed by atoms with E-state index in [2.05, 4.69) is 15.3 Å². The van der Waals surface area contributed by atoms with Crippen molar-refractivity contribution in [1.82, 2.24) is 15.0 Å². The molecule has 0 aliphatic heterocycles. The molecule has 0 bridgehead atoms. The van der Waals surface area contributed by atoms with Crippen LogP contribution in [0.15, 0.2) is 67.0 Å². The van der Waals surface area contributed by atoms with Gasteiger partial charge >= 0.3 is 0 Å². The molecule has 0 radical (unpaired) electrons. The first kappa shape index (κ1) is 15.2. The molecule has 122 valence electrons. The third-order valence-corrected chi connectivity index (χ3v) is 4.02. The Bertz CT molecular complexity index is 1050. The molecule has 0 aliphatic carbocycles. The van der Waals surface area contributed by atoms with Gasteiger partial charge in [-0.1, -0.05) is 24.3 Å². The molecule has 4 nitrogen and oxygen atoms in total. The normalized spacial score (nSPS) is 10.8. The zero-order valence-corrected chi connectivity index (χ0v) is 13.6. The maximum atomic E-state index is 13.7. The van der Waals surface area contributed by atoms with Crippen LogP contribution in [0.4, 0.5) is 10.2 Å². The molecule has 25 heavy (non-hydrogen) atoms. The fourth-order valence-electron chi connectivity index (χ4n) is 2.86. The van der Waals surface area contributed by atoms with E-state index in [4.69, 9.17) is 4.98 Å². The lowest BCUT2D eigenvalue weighted by Gasteiger charge is -2.12. The molecule has 0 fully saturated rings. The van der Waals surface area contributed by atoms with Crippen LogP contribution in [0, 0.1) is 5.82 Å². The van der Waals surface area contributed by atoms with E-state index in [1.807, 2.05) is 43.4 Å². The summed E-state index contributed by atoms with van der Waals surface area (Å²) in [5.74, 6) is 1.03. The van der Waals surface area contributed by atoms with E-state index < -0.39 is 0 Å². The van der Waals surface area contributed by atoms with Crippen LogP contribution in [0.25, 0.3) is 33.4 Å². The van der Waals surface area contributed by atoms with Crippen molar-refractivity contribution >= 4 is 16.7 Å². The van der Waals surface area contributed by atoms with E-state index >= 15 is 0 Å². The number of benzene rings is 2. The summed E-state index contributed by atoms with van der Waals surface area (Å²) in [6, 6.07) is 16.1. The molecule has 0 aliphatic rings. The van der Waals surface area contributed by atoms with Crippen LogP contribution in [-0.4, -0.2) is 22.0 Å². The SMILES string of the molecule is CNc1nc(-c2cccnc2)nc2c(-c3cccc(F)c3)cccc12. The number of anilines is 1. The fourth-order valence-corrected chi connectivity index (χ4v) is 2.86. The van der Waals surface area contributed by atoms with Crippen molar-refractivity contribution in [1.29, 1.82) is 0 Å². The third-order valence-electron chi connectivity index (χ3n) is 4.02. The summed E-state index contributed by atoms with van der Waals surface area (Å²) < 4.78 is 13.7. The molecule has 4 aromatic rings. The maximum Gasteiger partial charge on any atom is 0.163 e. The van der Waals surface area contributed by atoms with Gasteiger partial charge in [0.15, 0.2) is 5.82 Å². The lowest BCUT2D eigenvalue weighted by Crippen LogP contribution is -2.00. The number of nitrogens with zero attached hydrogens (tertiary/aromatic N) is 3. The summed E-state index contributed by atoms with van der Waals surface area (Å²) in [6.07, 6.45) is 3.44. The van der Waals surface area contributed by atoms with Crippen LogP contribution in [0.5, 0.6) is 0 Å². The Morgan fingerprint density at radius 2 is 1.76 bits per heavy atom. The van der Waals surface area contributed by atoms with Crippen molar-refractivity contribution in [3.05, 3.63) is 72.8 Å². The number of rotatable bonds is 3. The smallest absolute Gasteiger partial charge is 0.163 e. The van der Waals surface area contributed by atoms with E-state index in [1.165, 1.54) is 12.1 Å². The minimum absolute atomic E-state index is 0.273. The lowest BCUT2D eigenvalue weighted by atomic mass is 10.0. The first-order valence-electron chi connectivity index (χ1n) is 7.91. The highest BCUT2D eigenvalue weighted by molar-refractivity contribution is 6.00. The fraction of sp³-hybridized carbons (Fsp3) is 0.0500. The predicted molar refractivity (Wildman–Crippen MR) is 97.7 cm³/mol. The summed E-state index contributed by atoms with van der Waals surface area (Å²) in [4.78, 5) is 13.5. The standard InChI is InChI=1S/C20H15FN4/c1-22-20-17-9-3-8-16(13-5-2-7-15(21)11-13)18(17)24-19(25-20)14-6-4-10-23-12-14/h2-12H,1H3,(H,22,24,25). The summed E-state index contributed by atoms with van der Waals surface area (Å²) in [5.41, 5.74) is 3.24. The average Bonchev–Trinajstić information content (AvgIpc) is 2.67. The number of hydrogen-bond acceptors (Lipinski definition) is 4. The van der Waals surface area contributed by atoms with Gasteiger partial charge in [0.05, 0.1) is 5.52 Å². The topological polar surface area (TPSA) is 50.7 Å². The Balaban J connectivity index is 2.02. The van der Waals surface area contributed by atoms with E-state index in [1.54, 1.807) is 18.5 Å². The van der Waals surface area contributed by atoms with Gasteiger partial charge in [-0.05, 0) is 35.9 Å². The zero-order chi connectivity index (χ0) is 17.2. The highest BCUT2D eigenvalue weighted by atomic mass is 19.1. The van der Waals surface area contributed by atoms with Gasteiger partial charge in [-0.3, -0.25) is 4.98 Å². The van der Waals surface area contributed by atoms with Crippen LogP contribution in [0.2, 0.25) is 0 Å². The Morgan fingerprint density at radius 1 is 0.920 bits per heavy atom. The number of nitrogens with one attached hydrogen (secondary N) is 1. The Labute approximate surface area is 144 Å². The minimum atomic E-state index is -0.273. The molecule has 0 amide bonds. The van der Waals surface area contributed by atoms with Crippen molar-refractivity contribution in [2.45, 2.75) is 0 Å². The number of pyridine rings is 1. The van der Waals surface area contributed by atoms with Crippen molar-refractivity contribution < 1.29 is 4.39 Å². The van der Waals surface area contributed by atoms with E-state index in [0.29, 0.717) is 5.82 Å². The zero-order valence-electron chi connectivity index (χ0n) is 13.6. The number of hydrogen-bond donors (Lipinski definition) is 1. The summed E-state index contributed by atoms with van der Waals surface area (Å²) >= 11 is 0. The molecular weight excluding hydrogens is 315 g/mol. The van der Waals surface area contributed by atoms with Gasteiger partial charge in [0, 0.05) is 36.0 Å². The number of halogens is 1. The summed E-state index contributed by atoms with van der Waals surface area (Å²) in [5, 5.41) is 4.01. The Kier molecular flexibility index (Phi) is 3.82. The van der Waals surface area contributed by atoms with E-state index in [-0.39, 0.29) is 5.82 Å². The first-order valence-corrected chi connectivity index (χ1v) is 7.91. The molecule has 0 atom stereocenters. The van der Waals surface area contributed by atoms with Crippen molar-refractivity contribution in [2.75, 3.05) is 12.4 Å². The van der Waals surface area contributed by atoms with Gasteiger partial charge in [0.2, 0.25) is 0 Å². The summed E-state index contributed by atoms with van der Waals surface area (Å²) in [6.45, 7) is 0. The number of aromatic nitrogens is 3.